The first-order valence-corrected chi connectivity index (χ1v) is 6.33. The molecule has 1 rings (SSSR count). The van der Waals surface area contributed by atoms with E-state index in [2.05, 4.69) is 5.32 Å². The van der Waals surface area contributed by atoms with Crippen LogP contribution in [0.4, 0.5) is 0 Å². The number of carbonyl (C=O) groups is 1. The minimum Gasteiger partial charge on any atom is -0.491 e. The van der Waals surface area contributed by atoms with Gasteiger partial charge < -0.3 is 20.3 Å². The van der Waals surface area contributed by atoms with Crippen LogP contribution in [-0.4, -0.2) is 34.9 Å². The highest BCUT2D eigenvalue weighted by atomic mass is 16.5. The average Bonchev–Trinajstić information content (AvgIpc) is 2.29. The molecule has 19 heavy (non-hydrogen) atoms. The van der Waals surface area contributed by atoms with Gasteiger partial charge in [-0.2, -0.15) is 0 Å². The van der Waals surface area contributed by atoms with Gasteiger partial charge in [0.05, 0.1) is 18.6 Å². The molecule has 0 heterocycles. The van der Waals surface area contributed by atoms with Crippen LogP contribution in [0.1, 0.15) is 25.8 Å². The summed E-state index contributed by atoms with van der Waals surface area (Å²) in [4.78, 5) is 10.4. The number of hydrogen-bond donors (Lipinski definition) is 3. The fourth-order valence-corrected chi connectivity index (χ4v) is 1.61. The standard InChI is InChI=1S/C14H21NO4/c1-10(2)19-13-5-3-11(4-6-13)8-15-9-12(16)7-14(17)18/h3-6,10,12,15-16H,7-9H2,1-2H3,(H,17,18). The lowest BCUT2D eigenvalue weighted by Crippen LogP contribution is -2.28. The van der Waals surface area contributed by atoms with Crippen LogP contribution in [0.15, 0.2) is 24.3 Å². The number of hydrogen-bond acceptors (Lipinski definition) is 4. The molecule has 0 aliphatic carbocycles. The Labute approximate surface area is 113 Å². The molecule has 0 fully saturated rings. The first-order valence-electron chi connectivity index (χ1n) is 6.33. The Morgan fingerprint density at radius 3 is 2.47 bits per heavy atom. The van der Waals surface area contributed by atoms with Crippen molar-refractivity contribution in [1.29, 1.82) is 0 Å². The monoisotopic (exact) mass is 267 g/mol. The van der Waals surface area contributed by atoms with Crippen LogP contribution in [0.25, 0.3) is 0 Å². The van der Waals surface area contributed by atoms with Crippen molar-refractivity contribution >= 4 is 5.97 Å². The summed E-state index contributed by atoms with van der Waals surface area (Å²) in [6, 6.07) is 7.66. The van der Waals surface area contributed by atoms with Gasteiger partial charge in [0.1, 0.15) is 5.75 Å². The smallest absolute Gasteiger partial charge is 0.306 e. The number of carboxylic acids is 1. The van der Waals surface area contributed by atoms with Crippen LogP contribution in [0.3, 0.4) is 0 Å². The van der Waals surface area contributed by atoms with Crippen molar-refractivity contribution in [3.05, 3.63) is 29.8 Å². The minimum atomic E-state index is -0.996. The van der Waals surface area contributed by atoms with Gasteiger partial charge >= 0.3 is 5.97 Å². The van der Waals surface area contributed by atoms with E-state index in [4.69, 9.17) is 9.84 Å². The van der Waals surface area contributed by atoms with Gasteiger partial charge in [-0.15, -0.1) is 0 Å². The fourth-order valence-electron chi connectivity index (χ4n) is 1.61. The van der Waals surface area contributed by atoms with E-state index in [1.807, 2.05) is 38.1 Å². The number of benzene rings is 1. The highest BCUT2D eigenvalue weighted by Gasteiger charge is 2.08. The summed E-state index contributed by atoms with van der Waals surface area (Å²) in [6.07, 6.45) is -0.954. The van der Waals surface area contributed by atoms with Gasteiger partial charge in [-0.3, -0.25) is 4.79 Å². The van der Waals surface area contributed by atoms with E-state index >= 15 is 0 Å². The molecule has 1 atom stereocenters. The molecule has 0 aliphatic heterocycles. The van der Waals surface area contributed by atoms with Gasteiger partial charge in [0, 0.05) is 13.1 Å². The number of nitrogens with one attached hydrogen (secondary N) is 1. The Bertz CT molecular complexity index is 389. The highest BCUT2D eigenvalue weighted by Crippen LogP contribution is 2.13. The summed E-state index contributed by atoms with van der Waals surface area (Å²) < 4.78 is 5.53. The van der Waals surface area contributed by atoms with Gasteiger partial charge in [0.15, 0.2) is 0 Å². The first-order chi connectivity index (χ1) is 8.97. The Balaban J connectivity index is 2.31. The number of aliphatic carboxylic acids is 1. The lowest BCUT2D eigenvalue weighted by molar-refractivity contribution is -0.139. The molecule has 1 unspecified atom stereocenters. The summed E-state index contributed by atoms with van der Waals surface area (Å²) in [5.41, 5.74) is 1.05. The van der Waals surface area contributed by atoms with E-state index in [1.54, 1.807) is 0 Å². The molecule has 0 saturated heterocycles. The zero-order valence-corrected chi connectivity index (χ0v) is 11.3. The quantitative estimate of drug-likeness (QED) is 0.663. The van der Waals surface area contributed by atoms with Crippen molar-refractivity contribution in [2.45, 2.75) is 39.0 Å². The van der Waals surface area contributed by atoms with Gasteiger partial charge in [0.25, 0.3) is 0 Å². The molecule has 0 saturated carbocycles. The number of aliphatic hydroxyl groups excluding tert-OH is 1. The van der Waals surface area contributed by atoms with Crippen LogP contribution in [0, 0.1) is 0 Å². The minimum absolute atomic E-state index is 0.148. The lowest BCUT2D eigenvalue weighted by atomic mass is 10.2. The van der Waals surface area contributed by atoms with Crippen LogP contribution >= 0.6 is 0 Å². The predicted molar refractivity (Wildman–Crippen MR) is 72.2 cm³/mol. The van der Waals surface area contributed by atoms with Crippen molar-refractivity contribution in [3.8, 4) is 5.75 Å². The largest absolute Gasteiger partial charge is 0.491 e. The third-order valence-corrected chi connectivity index (χ3v) is 2.41. The molecule has 1 aromatic carbocycles. The second-order valence-corrected chi connectivity index (χ2v) is 4.69. The Kier molecular flexibility index (Phi) is 6.32. The van der Waals surface area contributed by atoms with Gasteiger partial charge in [-0.25, -0.2) is 0 Å². The SMILES string of the molecule is CC(C)Oc1ccc(CNCC(O)CC(=O)O)cc1. The van der Waals surface area contributed by atoms with Crippen LogP contribution in [-0.2, 0) is 11.3 Å². The van der Waals surface area contributed by atoms with Crippen LogP contribution in [0.2, 0.25) is 0 Å². The molecule has 0 bridgehead atoms. The normalized spacial score (nSPS) is 12.4. The molecule has 0 spiro atoms. The summed E-state index contributed by atoms with van der Waals surface area (Å²) in [5.74, 6) is -0.172. The van der Waals surface area contributed by atoms with Gasteiger partial charge in [-0.1, -0.05) is 12.1 Å². The number of aliphatic hydroxyl groups is 1. The first kappa shape index (κ1) is 15.5. The molecule has 5 nitrogen and oxygen atoms in total. The molecular formula is C14H21NO4. The molecule has 0 amide bonds. The van der Waals surface area contributed by atoms with E-state index in [-0.39, 0.29) is 19.1 Å². The van der Waals surface area contributed by atoms with E-state index in [0.29, 0.717) is 6.54 Å². The maximum Gasteiger partial charge on any atom is 0.306 e. The maximum absolute atomic E-state index is 10.4. The zero-order valence-electron chi connectivity index (χ0n) is 11.3. The van der Waals surface area contributed by atoms with Crippen molar-refractivity contribution in [2.75, 3.05) is 6.54 Å². The van der Waals surface area contributed by atoms with Crippen molar-refractivity contribution in [3.63, 3.8) is 0 Å². The van der Waals surface area contributed by atoms with Gasteiger partial charge in [0.2, 0.25) is 0 Å². The van der Waals surface area contributed by atoms with Crippen LogP contribution < -0.4 is 10.1 Å². The summed E-state index contributed by atoms with van der Waals surface area (Å²) in [6.45, 7) is 4.79. The topological polar surface area (TPSA) is 78.8 Å². The Hall–Kier alpha value is -1.59. The molecule has 1 aromatic rings. The molecule has 5 heteroatoms. The molecule has 0 aromatic heterocycles. The van der Waals surface area contributed by atoms with Crippen molar-refractivity contribution in [1.82, 2.24) is 5.32 Å². The maximum atomic E-state index is 10.4. The average molecular weight is 267 g/mol. The van der Waals surface area contributed by atoms with E-state index in [1.165, 1.54) is 0 Å². The second-order valence-electron chi connectivity index (χ2n) is 4.69. The summed E-state index contributed by atoms with van der Waals surface area (Å²) >= 11 is 0. The third-order valence-electron chi connectivity index (χ3n) is 2.41. The number of ether oxygens (including phenoxy) is 1. The summed E-state index contributed by atoms with van der Waals surface area (Å²) in [5, 5.41) is 20.9. The Morgan fingerprint density at radius 1 is 1.32 bits per heavy atom. The highest BCUT2D eigenvalue weighted by molar-refractivity contribution is 5.67. The van der Waals surface area contributed by atoms with Crippen molar-refractivity contribution in [2.24, 2.45) is 0 Å². The fraction of sp³-hybridized carbons (Fsp3) is 0.500. The van der Waals surface area contributed by atoms with Crippen LogP contribution in [0.5, 0.6) is 5.75 Å². The predicted octanol–water partition coefficient (Wildman–Crippen LogP) is 1.40. The van der Waals surface area contributed by atoms with E-state index in [0.717, 1.165) is 11.3 Å². The molecule has 3 N–H and O–H groups in total. The van der Waals surface area contributed by atoms with E-state index in [9.17, 15) is 9.90 Å². The lowest BCUT2D eigenvalue weighted by Gasteiger charge is -2.11. The molecule has 0 radical (unpaired) electrons. The third kappa shape index (κ3) is 6.79. The second kappa shape index (κ2) is 7.76. The molecule has 0 aliphatic rings. The zero-order chi connectivity index (χ0) is 14.3. The molecular weight excluding hydrogens is 246 g/mol. The number of rotatable bonds is 8. The Morgan fingerprint density at radius 2 is 1.95 bits per heavy atom. The summed E-state index contributed by atoms with van der Waals surface area (Å²) in [7, 11) is 0. The van der Waals surface area contributed by atoms with E-state index < -0.39 is 12.1 Å². The van der Waals surface area contributed by atoms with Crippen molar-refractivity contribution < 1.29 is 19.7 Å². The molecule has 106 valence electrons. The van der Waals surface area contributed by atoms with Gasteiger partial charge in [-0.05, 0) is 31.5 Å². The number of carboxylic acid groups (broad SMARTS) is 1.